The summed E-state index contributed by atoms with van der Waals surface area (Å²) in [6.07, 6.45) is 0.553. The molecule has 0 unspecified atom stereocenters. The van der Waals surface area contributed by atoms with E-state index in [0.29, 0.717) is 6.42 Å². The van der Waals surface area contributed by atoms with Crippen molar-refractivity contribution in [3.8, 4) is 0 Å². The minimum atomic E-state index is -1.08. The predicted octanol–water partition coefficient (Wildman–Crippen LogP) is 2.24. The quantitative estimate of drug-likeness (QED) is 0.653. The van der Waals surface area contributed by atoms with E-state index in [1.165, 1.54) is 6.07 Å². The third-order valence-electron chi connectivity index (χ3n) is 2.02. The van der Waals surface area contributed by atoms with Gasteiger partial charge in [-0.1, -0.05) is 0 Å². The zero-order chi connectivity index (χ0) is 12.8. The molecule has 0 aliphatic rings. The van der Waals surface area contributed by atoms with Gasteiger partial charge in [-0.2, -0.15) is 0 Å². The second-order valence-electron chi connectivity index (χ2n) is 3.34. The first-order valence-electron chi connectivity index (χ1n) is 4.92. The first-order chi connectivity index (χ1) is 8.00. The predicted molar refractivity (Wildman–Crippen MR) is 58.8 cm³/mol. The van der Waals surface area contributed by atoms with Gasteiger partial charge in [0.2, 0.25) is 5.24 Å². The van der Waals surface area contributed by atoms with E-state index in [1.807, 2.05) is 0 Å². The van der Waals surface area contributed by atoms with Gasteiger partial charge < -0.3 is 5.32 Å². The maximum atomic E-state index is 12.8. The molecule has 92 valence electrons. The summed E-state index contributed by atoms with van der Waals surface area (Å²) in [5.41, 5.74) is 0.0288. The Bertz CT molecular complexity index is 437. The summed E-state index contributed by atoms with van der Waals surface area (Å²) < 4.78 is 25.4. The number of hydrogen-bond acceptors (Lipinski definition) is 2. The lowest BCUT2D eigenvalue weighted by Crippen LogP contribution is -2.24. The second kappa shape index (κ2) is 6.30. The fourth-order valence-corrected chi connectivity index (χ4v) is 1.30. The molecule has 0 aromatic heterocycles. The molecule has 0 saturated heterocycles. The Hall–Kier alpha value is -1.49. The van der Waals surface area contributed by atoms with Crippen LogP contribution in [0.1, 0.15) is 23.2 Å². The summed E-state index contributed by atoms with van der Waals surface area (Å²) in [6, 6.07) is 2.88. The Labute approximate surface area is 102 Å². The highest BCUT2D eigenvalue weighted by atomic mass is 35.5. The van der Waals surface area contributed by atoms with Crippen LogP contribution in [0.25, 0.3) is 0 Å². The minimum Gasteiger partial charge on any atom is -0.352 e. The summed E-state index contributed by atoms with van der Waals surface area (Å²) in [6.45, 7) is 0.246. The van der Waals surface area contributed by atoms with Crippen LogP contribution in [0.2, 0.25) is 0 Å². The number of carbonyl (C=O) groups excluding carboxylic acids is 2. The first kappa shape index (κ1) is 13.6. The summed E-state index contributed by atoms with van der Waals surface area (Å²) in [5.74, 6) is -2.60. The molecule has 0 fully saturated rings. The lowest BCUT2D eigenvalue weighted by Gasteiger charge is -2.04. The highest BCUT2D eigenvalue weighted by Gasteiger charge is 2.09. The Balaban J connectivity index is 2.47. The van der Waals surface area contributed by atoms with Gasteiger partial charge >= 0.3 is 0 Å². The van der Waals surface area contributed by atoms with Crippen molar-refractivity contribution in [2.24, 2.45) is 0 Å². The Morgan fingerprint density at radius 2 is 1.94 bits per heavy atom. The number of amides is 1. The molecular weight excluding hydrogens is 252 g/mol. The molecule has 0 heterocycles. The van der Waals surface area contributed by atoms with Gasteiger partial charge in [0.05, 0.1) is 0 Å². The second-order valence-corrected chi connectivity index (χ2v) is 3.77. The molecule has 1 rings (SSSR count). The maximum Gasteiger partial charge on any atom is 0.251 e. The Kier molecular flexibility index (Phi) is 5.03. The fourth-order valence-electron chi connectivity index (χ4n) is 1.17. The van der Waals surface area contributed by atoms with Crippen LogP contribution in [0.5, 0.6) is 0 Å². The Morgan fingerprint density at radius 3 is 2.53 bits per heavy atom. The van der Waals surface area contributed by atoms with E-state index in [0.717, 1.165) is 12.1 Å². The zero-order valence-electron chi connectivity index (χ0n) is 8.80. The van der Waals surface area contributed by atoms with Crippen LogP contribution < -0.4 is 5.32 Å². The van der Waals surface area contributed by atoms with Crippen LogP contribution >= 0.6 is 11.6 Å². The van der Waals surface area contributed by atoms with Gasteiger partial charge in [0.1, 0.15) is 0 Å². The van der Waals surface area contributed by atoms with Crippen LogP contribution in [0.3, 0.4) is 0 Å². The average Bonchev–Trinajstić information content (AvgIpc) is 2.27. The largest absolute Gasteiger partial charge is 0.352 e. The number of halogens is 3. The van der Waals surface area contributed by atoms with E-state index in [4.69, 9.17) is 11.6 Å². The molecular formula is C11H10ClF2NO2. The molecule has 1 aromatic carbocycles. The summed E-state index contributed by atoms with van der Waals surface area (Å²) in [4.78, 5) is 21.8. The average molecular weight is 262 g/mol. The fraction of sp³-hybridized carbons (Fsp3) is 0.273. The zero-order valence-corrected chi connectivity index (χ0v) is 9.56. The van der Waals surface area contributed by atoms with Gasteiger partial charge in [0.25, 0.3) is 5.91 Å². The van der Waals surface area contributed by atoms with E-state index < -0.39 is 22.8 Å². The maximum absolute atomic E-state index is 12.8. The van der Waals surface area contributed by atoms with Crippen LogP contribution in [-0.4, -0.2) is 17.7 Å². The van der Waals surface area contributed by atoms with Crippen LogP contribution in [0.15, 0.2) is 18.2 Å². The van der Waals surface area contributed by atoms with Crippen molar-refractivity contribution in [3.05, 3.63) is 35.4 Å². The van der Waals surface area contributed by atoms with Gasteiger partial charge in [-0.05, 0) is 36.2 Å². The molecule has 0 atom stereocenters. The van der Waals surface area contributed by atoms with E-state index in [9.17, 15) is 18.4 Å². The highest BCUT2D eigenvalue weighted by Crippen LogP contribution is 2.08. The molecule has 1 amide bonds. The van der Waals surface area contributed by atoms with Gasteiger partial charge in [0.15, 0.2) is 11.6 Å². The summed E-state index contributed by atoms with van der Waals surface area (Å²) in [7, 11) is 0. The lowest BCUT2D eigenvalue weighted by atomic mass is 10.2. The smallest absolute Gasteiger partial charge is 0.251 e. The summed E-state index contributed by atoms with van der Waals surface area (Å²) in [5, 5.41) is 1.98. The molecule has 0 spiro atoms. The van der Waals surface area contributed by atoms with Crippen molar-refractivity contribution in [1.29, 1.82) is 0 Å². The van der Waals surface area contributed by atoms with Crippen LogP contribution in [-0.2, 0) is 4.79 Å². The molecule has 1 N–H and O–H groups in total. The standard InChI is InChI=1S/C11H10ClF2NO2/c12-10(16)2-1-5-15-11(17)7-3-4-8(13)9(14)6-7/h3-4,6H,1-2,5H2,(H,15,17). The minimum absolute atomic E-state index is 0.0288. The molecule has 0 radical (unpaired) electrons. The third-order valence-corrected chi connectivity index (χ3v) is 2.21. The highest BCUT2D eigenvalue weighted by molar-refractivity contribution is 6.63. The monoisotopic (exact) mass is 261 g/mol. The topological polar surface area (TPSA) is 46.2 Å². The van der Waals surface area contributed by atoms with Crippen molar-refractivity contribution in [2.45, 2.75) is 12.8 Å². The Morgan fingerprint density at radius 1 is 1.24 bits per heavy atom. The van der Waals surface area contributed by atoms with Crippen molar-refractivity contribution in [1.82, 2.24) is 5.32 Å². The molecule has 0 saturated carbocycles. The number of hydrogen-bond donors (Lipinski definition) is 1. The van der Waals surface area contributed by atoms with Crippen LogP contribution in [0.4, 0.5) is 8.78 Å². The van der Waals surface area contributed by atoms with E-state index in [1.54, 1.807) is 0 Å². The number of rotatable bonds is 5. The van der Waals surface area contributed by atoms with Crippen LogP contribution in [0, 0.1) is 11.6 Å². The van der Waals surface area contributed by atoms with E-state index in [2.05, 4.69) is 5.32 Å². The number of nitrogens with one attached hydrogen (secondary N) is 1. The SMILES string of the molecule is O=C(Cl)CCCNC(=O)c1ccc(F)c(F)c1. The van der Waals surface area contributed by atoms with E-state index in [-0.39, 0.29) is 18.5 Å². The third kappa shape index (κ3) is 4.48. The van der Waals surface area contributed by atoms with Gasteiger partial charge in [-0.3, -0.25) is 9.59 Å². The van der Waals surface area contributed by atoms with Crippen molar-refractivity contribution in [3.63, 3.8) is 0 Å². The molecule has 17 heavy (non-hydrogen) atoms. The molecule has 0 aliphatic carbocycles. The molecule has 1 aromatic rings. The molecule has 6 heteroatoms. The number of carbonyl (C=O) groups is 2. The summed E-state index contributed by atoms with van der Waals surface area (Å²) >= 11 is 5.11. The molecule has 0 bridgehead atoms. The van der Waals surface area contributed by atoms with Gasteiger partial charge in [-0.25, -0.2) is 8.78 Å². The van der Waals surface area contributed by atoms with E-state index >= 15 is 0 Å². The van der Waals surface area contributed by atoms with Crippen molar-refractivity contribution >= 4 is 22.8 Å². The first-order valence-corrected chi connectivity index (χ1v) is 5.30. The molecule has 3 nitrogen and oxygen atoms in total. The number of benzene rings is 1. The van der Waals surface area contributed by atoms with Crippen molar-refractivity contribution < 1.29 is 18.4 Å². The molecule has 0 aliphatic heterocycles. The van der Waals surface area contributed by atoms with Gasteiger partial charge in [-0.15, -0.1) is 0 Å². The van der Waals surface area contributed by atoms with Gasteiger partial charge in [0, 0.05) is 18.5 Å². The lowest BCUT2D eigenvalue weighted by molar-refractivity contribution is -0.111. The normalized spacial score (nSPS) is 10.1. The van der Waals surface area contributed by atoms with Crippen molar-refractivity contribution in [2.75, 3.05) is 6.54 Å².